The first kappa shape index (κ1) is 25.6. The molecule has 1 saturated heterocycles. The number of hydrogen-bond acceptors (Lipinski definition) is 5. The van der Waals surface area contributed by atoms with Crippen molar-refractivity contribution in [2.24, 2.45) is 10.9 Å². The van der Waals surface area contributed by atoms with Crippen molar-refractivity contribution in [1.29, 1.82) is 0 Å². The van der Waals surface area contributed by atoms with Gasteiger partial charge in [-0.3, -0.25) is 9.79 Å². The molecule has 1 aromatic carbocycles. The van der Waals surface area contributed by atoms with E-state index in [9.17, 15) is 13.2 Å². The van der Waals surface area contributed by atoms with Crippen LogP contribution < -0.4 is 5.32 Å². The van der Waals surface area contributed by atoms with Crippen LogP contribution in [0.1, 0.15) is 25.3 Å². The van der Waals surface area contributed by atoms with Gasteiger partial charge in [-0.1, -0.05) is 18.2 Å². The highest BCUT2D eigenvalue weighted by atomic mass is 127. The fraction of sp³-hybridized carbons (Fsp3) is 0.579. The Labute approximate surface area is 190 Å². The van der Waals surface area contributed by atoms with Gasteiger partial charge in [0.05, 0.1) is 17.4 Å². The molecular weight excluding hydrogens is 507 g/mol. The molecule has 1 aromatic rings. The summed E-state index contributed by atoms with van der Waals surface area (Å²) in [5.41, 5.74) is 0.663. The van der Waals surface area contributed by atoms with E-state index < -0.39 is 10.0 Å². The van der Waals surface area contributed by atoms with Crippen LogP contribution in [0.3, 0.4) is 0 Å². The molecule has 1 atom stereocenters. The van der Waals surface area contributed by atoms with Gasteiger partial charge in [0, 0.05) is 40.8 Å². The summed E-state index contributed by atoms with van der Waals surface area (Å²) in [5.74, 6) is 0.296. The van der Waals surface area contributed by atoms with Crippen LogP contribution in [0.15, 0.2) is 34.2 Å². The van der Waals surface area contributed by atoms with Gasteiger partial charge < -0.3 is 15.0 Å². The van der Waals surface area contributed by atoms with Crippen LogP contribution in [-0.4, -0.2) is 70.4 Å². The summed E-state index contributed by atoms with van der Waals surface area (Å²) in [5, 5.41) is 3.24. The Morgan fingerprint density at radius 1 is 1.34 bits per heavy atom. The monoisotopic (exact) mass is 538 g/mol. The molecule has 2 rings (SSSR count). The maximum Gasteiger partial charge on any atom is 0.310 e. The van der Waals surface area contributed by atoms with E-state index in [4.69, 9.17) is 4.74 Å². The Morgan fingerprint density at radius 2 is 2.03 bits per heavy atom. The minimum atomic E-state index is -3.53. The van der Waals surface area contributed by atoms with Gasteiger partial charge in [-0.2, -0.15) is 0 Å². The molecule has 29 heavy (non-hydrogen) atoms. The van der Waals surface area contributed by atoms with Crippen molar-refractivity contribution in [3.05, 3.63) is 29.8 Å². The van der Waals surface area contributed by atoms with E-state index in [2.05, 4.69) is 10.3 Å². The molecule has 0 radical (unpaired) electrons. The highest BCUT2D eigenvalue weighted by molar-refractivity contribution is 14.0. The average molecular weight is 538 g/mol. The van der Waals surface area contributed by atoms with E-state index in [1.54, 1.807) is 32.2 Å². The number of rotatable bonds is 6. The second-order valence-electron chi connectivity index (χ2n) is 6.83. The van der Waals surface area contributed by atoms with Crippen molar-refractivity contribution in [1.82, 2.24) is 14.5 Å². The van der Waals surface area contributed by atoms with E-state index in [0.29, 0.717) is 31.2 Å². The van der Waals surface area contributed by atoms with E-state index in [-0.39, 0.29) is 40.8 Å². The molecular formula is C19H31IN4O4S. The van der Waals surface area contributed by atoms with Crippen LogP contribution in [-0.2, 0) is 26.1 Å². The van der Waals surface area contributed by atoms with Crippen molar-refractivity contribution >= 4 is 45.9 Å². The van der Waals surface area contributed by atoms with Gasteiger partial charge in [0.25, 0.3) is 0 Å². The van der Waals surface area contributed by atoms with Gasteiger partial charge in [0.2, 0.25) is 10.0 Å². The largest absolute Gasteiger partial charge is 0.466 e. The van der Waals surface area contributed by atoms with Crippen molar-refractivity contribution in [2.45, 2.75) is 31.2 Å². The number of piperidine rings is 1. The van der Waals surface area contributed by atoms with Gasteiger partial charge in [-0.05, 0) is 31.4 Å². The third-order valence-electron chi connectivity index (χ3n) is 4.72. The van der Waals surface area contributed by atoms with Crippen LogP contribution in [0.25, 0.3) is 0 Å². The summed E-state index contributed by atoms with van der Waals surface area (Å²) in [6.07, 6.45) is 1.67. The maximum absolute atomic E-state index is 12.6. The standard InChI is InChI=1S/C19H30N4O4S.HI/c1-5-27-18(24)16-10-8-12-23(14-16)19(20-2)21-13-15-9-6-7-11-17(15)28(25,26)22(3)4;/h6-7,9,11,16H,5,8,10,12-14H2,1-4H3,(H,20,21);1H. The molecule has 1 N–H and O–H groups in total. The number of nitrogens with zero attached hydrogens (tertiary/aromatic N) is 3. The fourth-order valence-electron chi connectivity index (χ4n) is 3.23. The molecule has 1 heterocycles. The van der Waals surface area contributed by atoms with Crippen LogP contribution in [0.4, 0.5) is 0 Å². The van der Waals surface area contributed by atoms with E-state index in [1.807, 2.05) is 11.0 Å². The third kappa shape index (κ3) is 6.54. The molecule has 1 unspecified atom stereocenters. The molecule has 0 spiro atoms. The SMILES string of the molecule is CCOC(=O)C1CCCN(C(=NC)NCc2ccccc2S(=O)(=O)N(C)C)C1.I. The van der Waals surface area contributed by atoms with E-state index in [1.165, 1.54) is 18.4 Å². The summed E-state index contributed by atoms with van der Waals surface area (Å²) in [4.78, 5) is 18.7. The first-order valence-corrected chi connectivity index (χ1v) is 10.9. The zero-order chi connectivity index (χ0) is 20.7. The average Bonchev–Trinajstić information content (AvgIpc) is 2.69. The molecule has 1 aliphatic rings. The Hall–Kier alpha value is -1.40. The van der Waals surface area contributed by atoms with Crippen LogP contribution in [0, 0.1) is 5.92 Å². The molecule has 0 saturated carbocycles. The number of aliphatic imine (C=N–C) groups is 1. The van der Waals surface area contributed by atoms with Gasteiger partial charge in [0.15, 0.2) is 5.96 Å². The summed E-state index contributed by atoms with van der Waals surface area (Å²) in [6.45, 7) is 3.82. The van der Waals surface area contributed by atoms with Crippen LogP contribution in [0.5, 0.6) is 0 Å². The summed E-state index contributed by atoms with van der Waals surface area (Å²) in [6, 6.07) is 6.91. The van der Waals surface area contributed by atoms with E-state index in [0.717, 1.165) is 19.4 Å². The molecule has 0 aliphatic carbocycles. The minimum Gasteiger partial charge on any atom is -0.466 e. The molecule has 0 aromatic heterocycles. The molecule has 10 heteroatoms. The number of nitrogens with one attached hydrogen (secondary N) is 1. The quantitative estimate of drug-likeness (QED) is 0.258. The van der Waals surface area contributed by atoms with Gasteiger partial charge in [-0.25, -0.2) is 12.7 Å². The van der Waals surface area contributed by atoms with Gasteiger partial charge >= 0.3 is 5.97 Å². The first-order valence-electron chi connectivity index (χ1n) is 9.44. The van der Waals surface area contributed by atoms with Crippen molar-refractivity contribution in [3.8, 4) is 0 Å². The summed E-state index contributed by atoms with van der Waals surface area (Å²) >= 11 is 0. The Bertz CT molecular complexity index is 814. The zero-order valence-electron chi connectivity index (χ0n) is 17.4. The number of ether oxygens (including phenoxy) is 1. The lowest BCUT2D eigenvalue weighted by atomic mass is 9.98. The summed E-state index contributed by atoms with van der Waals surface area (Å²) in [7, 11) is 1.18. The Balaban J connectivity index is 0.00000420. The number of hydrogen-bond donors (Lipinski definition) is 1. The molecule has 164 valence electrons. The second-order valence-corrected chi connectivity index (χ2v) is 8.95. The molecule has 0 bridgehead atoms. The van der Waals surface area contributed by atoms with Crippen LogP contribution in [0.2, 0.25) is 0 Å². The number of esters is 1. The highest BCUT2D eigenvalue weighted by Crippen LogP contribution is 2.20. The number of sulfonamides is 1. The number of guanidine groups is 1. The lowest BCUT2D eigenvalue weighted by molar-refractivity contribution is -0.149. The highest BCUT2D eigenvalue weighted by Gasteiger charge is 2.28. The minimum absolute atomic E-state index is 0. The Kier molecular flexibility index (Phi) is 10.3. The molecule has 8 nitrogen and oxygen atoms in total. The van der Waals surface area contributed by atoms with Crippen molar-refractivity contribution < 1.29 is 17.9 Å². The molecule has 1 fully saturated rings. The topological polar surface area (TPSA) is 91.3 Å². The smallest absolute Gasteiger partial charge is 0.310 e. The first-order chi connectivity index (χ1) is 13.3. The number of halogens is 1. The number of likely N-dealkylation sites (tertiary alicyclic amines) is 1. The summed E-state index contributed by atoms with van der Waals surface area (Å²) < 4.78 is 31.5. The van der Waals surface area contributed by atoms with Crippen molar-refractivity contribution in [3.63, 3.8) is 0 Å². The van der Waals surface area contributed by atoms with Gasteiger partial charge in [0.1, 0.15) is 0 Å². The normalized spacial score (nSPS) is 17.6. The predicted molar refractivity (Wildman–Crippen MR) is 124 cm³/mol. The van der Waals surface area contributed by atoms with Gasteiger partial charge in [-0.15, -0.1) is 24.0 Å². The molecule has 0 amide bonds. The fourth-order valence-corrected chi connectivity index (χ4v) is 4.34. The van der Waals surface area contributed by atoms with Crippen molar-refractivity contribution in [2.75, 3.05) is 40.8 Å². The Morgan fingerprint density at radius 3 is 2.66 bits per heavy atom. The lowest BCUT2D eigenvalue weighted by Crippen LogP contribution is -2.48. The second kappa shape index (κ2) is 11.7. The molecule has 1 aliphatic heterocycles. The zero-order valence-corrected chi connectivity index (χ0v) is 20.6. The van der Waals surface area contributed by atoms with Crippen LogP contribution >= 0.6 is 24.0 Å². The predicted octanol–water partition coefficient (Wildman–Crippen LogP) is 1.91. The number of benzene rings is 1. The van der Waals surface area contributed by atoms with E-state index >= 15 is 0 Å². The third-order valence-corrected chi connectivity index (χ3v) is 6.64. The number of carbonyl (C=O) groups is 1. The lowest BCUT2D eigenvalue weighted by Gasteiger charge is -2.34. The number of carbonyl (C=O) groups excluding carboxylic acids is 1. The maximum atomic E-state index is 12.6.